The van der Waals surface area contributed by atoms with E-state index < -0.39 is 0 Å². The standard InChI is InChI=1S/C19H18O2S/c1-14-10-18(22-13-14)17-9-5-8-16(11-20)19(17)21-12-15-6-3-2-4-7-15/h2-10,13,20H,11-12H2,1H3. The molecule has 2 nitrogen and oxygen atoms in total. The molecule has 1 N–H and O–H groups in total. The maximum atomic E-state index is 9.62. The summed E-state index contributed by atoms with van der Waals surface area (Å²) in [5.74, 6) is 0.774. The minimum Gasteiger partial charge on any atom is -0.488 e. The van der Waals surface area contributed by atoms with Crippen LogP contribution in [-0.4, -0.2) is 5.11 Å². The van der Waals surface area contributed by atoms with Crippen LogP contribution in [0.15, 0.2) is 60.0 Å². The van der Waals surface area contributed by atoms with Crippen molar-refractivity contribution in [1.82, 2.24) is 0 Å². The Bertz CT molecular complexity index is 747. The first-order valence-corrected chi connectivity index (χ1v) is 8.11. The average Bonchev–Trinajstić information content (AvgIpc) is 3.00. The van der Waals surface area contributed by atoms with Gasteiger partial charge in [-0.2, -0.15) is 0 Å². The van der Waals surface area contributed by atoms with Gasteiger partial charge in [0.05, 0.1) is 6.61 Å². The van der Waals surface area contributed by atoms with Gasteiger partial charge in [0.25, 0.3) is 0 Å². The Labute approximate surface area is 134 Å². The number of ether oxygens (including phenoxy) is 1. The van der Waals surface area contributed by atoms with Crippen LogP contribution >= 0.6 is 11.3 Å². The summed E-state index contributed by atoms with van der Waals surface area (Å²) >= 11 is 1.70. The number of hydrogen-bond donors (Lipinski definition) is 1. The van der Waals surface area contributed by atoms with Crippen LogP contribution in [0, 0.1) is 6.92 Å². The van der Waals surface area contributed by atoms with Crippen molar-refractivity contribution in [2.75, 3.05) is 0 Å². The van der Waals surface area contributed by atoms with Crippen molar-refractivity contribution < 1.29 is 9.84 Å². The summed E-state index contributed by atoms with van der Waals surface area (Å²) < 4.78 is 6.06. The predicted octanol–water partition coefficient (Wildman–Crippen LogP) is 4.79. The van der Waals surface area contributed by atoms with Gasteiger partial charge in [0.1, 0.15) is 12.4 Å². The van der Waals surface area contributed by atoms with Gasteiger partial charge in [0.15, 0.2) is 0 Å². The van der Waals surface area contributed by atoms with E-state index in [1.54, 1.807) is 11.3 Å². The van der Waals surface area contributed by atoms with Gasteiger partial charge in [-0.25, -0.2) is 0 Å². The number of rotatable bonds is 5. The zero-order chi connectivity index (χ0) is 15.4. The number of hydrogen-bond acceptors (Lipinski definition) is 3. The Balaban J connectivity index is 1.94. The Morgan fingerprint density at radius 3 is 2.55 bits per heavy atom. The summed E-state index contributed by atoms with van der Waals surface area (Å²) in [5.41, 5.74) is 4.21. The molecule has 0 spiro atoms. The lowest BCUT2D eigenvalue weighted by molar-refractivity contribution is 0.259. The normalized spacial score (nSPS) is 10.6. The van der Waals surface area contributed by atoms with Gasteiger partial charge in [0.2, 0.25) is 0 Å². The van der Waals surface area contributed by atoms with E-state index in [2.05, 4.69) is 18.4 Å². The van der Waals surface area contributed by atoms with Crippen LogP contribution in [0.4, 0.5) is 0 Å². The molecule has 0 amide bonds. The number of thiophene rings is 1. The molecule has 1 aromatic heterocycles. The highest BCUT2D eigenvalue weighted by molar-refractivity contribution is 7.13. The number of aliphatic hydroxyl groups excluding tert-OH is 1. The lowest BCUT2D eigenvalue weighted by Gasteiger charge is -2.14. The van der Waals surface area contributed by atoms with Crippen molar-refractivity contribution in [2.45, 2.75) is 20.1 Å². The molecular weight excluding hydrogens is 292 g/mol. The van der Waals surface area contributed by atoms with Crippen LogP contribution in [-0.2, 0) is 13.2 Å². The molecule has 0 unspecified atom stereocenters. The summed E-state index contributed by atoms with van der Waals surface area (Å²) in [6.45, 7) is 2.55. The summed E-state index contributed by atoms with van der Waals surface area (Å²) in [6, 6.07) is 18.1. The predicted molar refractivity (Wildman–Crippen MR) is 91.2 cm³/mol. The third-order valence-corrected chi connectivity index (χ3v) is 4.57. The molecule has 0 saturated heterocycles. The minimum atomic E-state index is -0.0255. The second kappa shape index (κ2) is 6.77. The van der Waals surface area contributed by atoms with Gasteiger partial charge in [-0.05, 0) is 35.6 Å². The van der Waals surface area contributed by atoms with Crippen molar-refractivity contribution >= 4 is 11.3 Å². The largest absolute Gasteiger partial charge is 0.488 e. The molecule has 0 aliphatic heterocycles. The van der Waals surface area contributed by atoms with Crippen LogP contribution < -0.4 is 4.74 Å². The van der Waals surface area contributed by atoms with Crippen molar-refractivity contribution in [1.29, 1.82) is 0 Å². The third kappa shape index (κ3) is 3.21. The monoisotopic (exact) mass is 310 g/mol. The zero-order valence-electron chi connectivity index (χ0n) is 12.5. The first-order valence-electron chi connectivity index (χ1n) is 7.23. The topological polar surface area (TPSA) is 29.5 Å². The van der Waals surface area contributed by atoms with Crippen molar-refractivity contribution in [3.63, 3.8) is 0 Å². The molecule has 2 aromatic carbocycles. The Kier molecular flexibility index (Phi) is 4.56. The minimum absolute atomic E-state index is 0.0255. The van der Waals surface area contributed by atoms with Crippen molar-refractivity contribution in [3.05, 3.63) is 76.7 Å². The molecule has 3 heteroatoms. The molecular formula is C19H18O2S. The molecule has 112 valence electrons. The van der Waals surface area contributed by atoms with E-state index in [-0.39, 0.29) is 6.61 Å². The van der Waals surface area contributed by atoms with E-state index >= 15 is 0 Å². The van der Waals surface area contributed by atoms with Crippen LogP contribution in [0.5, 0.6) is 5.75 Å². The lowest BCUT2D eigenvalue weighted by atomic mass is 10.1. The maximum Gasteiger partial charge on any atom is 0.133 e. The first-order chi connectivity index (χ1) is 10.8. The Morgan fingerprint density at radius 1 is 1.05 bits per heavy atom. The van der Waals surface area contributed by atoms with E-state index in [9.17, 15) is 5.11 Å². The second-order valence-electron chi connectivity index (χ2n) is 5.21. The fourth-order valence-corrected chi connectivity index (χ4v) is 3.30. The van der Waals surface area contributed by atoms with E-state index in [1.165, 1.54) is 5.56 Å². The quantitative estimate of drug-likeness (QED) is 0.734. The molecule has 0 aliphatic carbocycles. The molecule has 0 fully saturated rings. The smallest absolute Gasteiger partial charge is 0.133 e. The van der Waals surface area contributed by atoms with E-state index in [0.717, 1.165) is 27.3 Å². The fraction of sp³-hybridized carbons (Fsp3) is 0.158. The number of benzene rings is 2. The Hall–Kier alpha value is -2.10. The van der Waals surface area contributed by atoms with Crippen LogP contribution in [0.2, 0.25) is 0 Å². The summed E-state index contributed by atoms with van der Waals surface area (Å²) in [7, 11) is 0. The molecule has 22 heavy (non-hydrogen) atoms. The van der Waals surface area contributed by atoms with E-state index in [0.29, 0.717) is 6.61 Å². The number of aryl methyl sites for hydroxylation is 1. The van der Waals surface area contributed by atoms with Crippen LogP contribution in [0.3, 0.4) is 0 Å². The number of aliphatic hydroxyl groups is 1. The third-order valence-electron chi connectivity index (χ3n) is 3.49. The molecule has 0 bridgehead atoms. The average molecular weight is 310 g/mol. The molecule has 0 saturated carbocycles. The molecule has 3 aromatic rings. The van der Waals surface area contributed by atoms with Crippen LogP contribution in [0.25, 0.3) is 10.4 Å². The highest BCUT2D eigenvalue weighted by Gasteiger charge is 2.13. The zero-order valence-corrected chi connectivity index (χ0v) is 13.3. The van der Waals surface area contributed by atoms with Gasteiger partial charge in [-0.1, -0.05) is 42.5 Å². The van der Waals surface area contributed by atoms with E-state index in [4.69, 9.17) is 4.74 Å². The first kappa shape index (κ1) is 14.8. The van der Waals surface area contributed by atoms with Gasteiger partial charge in [-0.15, -0.1) is 11.3 Å². The second-order valence-corrected chi connectivity index (χ2v) is 6.13. The molecule has 0 radical (unpaired) electrons. The SMILES string of the molecule is Cc1csc(-c2cccc(CO)c2OCc2ccccc2)c1. The highest BCUT2D eigenvalue weighted by Crippen LogP contribution is 2.37. The van der Waals surface area contributed by atoms with Crippen molar-refractivity contribution in [3.8, 4) is 16.2 Å². The van der Waals surface area contributed by atoms with Gasteiger partial charge in [-0.3, -0.25) is 0 Å². The van der Waals surface area contributed by atoms with E-state index in [1.807, 2.05) is 48.5 Å². The Morgan fingerprint density at radius 2 is 1.86 bits per heavy atom. The highest BCUT2D eigenvalue weighted by atomic mass is 32.1. The summed E-state index contributed by atoms with van der Waals surface area (Å²) in [4.78, 5) is 1.16. The van der Waals surface area contributed by atoms with Gasteiger partial charge >= 0.3 is 0 Å². The fourth-order valence-electron chi connectivity index (χ4n) is 2.38. The maximum absolute atomic E-state index is 9.62. The molecule has 0 atom stereocenters. The molecule has 3 rings (SSSR count). The van der Waals surface area contributed by atoms with Crippen molar-refractivity contribution in [2.24, 2.45) is 0 Å². The molecule has 1 heterocycles. The molecule has 0 aliphatic rings. The lowest BCUT2D eigenvalue weighted by Crippen LogP contribution is -2.00. The van der Waals surface area contributed by atoms with Gasteiger partial charge < -0.3 is 9.84 Å². The van der Waals surface area contributed by atoms with Crippen LogP contribution in [0.1, 0.15) is 16.7 Å². The number of para-hydroxylation sites is 1. The van der Waals surface area contributed by atoms with Gasteiger partial charge in [0, 0.05) is 16.0 Å². The summed E-state index contributed by atoms with van der Waals surface area (Å²) in [6.07, 6.45) is 0. The summed E-state index contributed by atoms with van der Waals surface area (Å²) in [5, 5.41) is 11.7.